The highest BCUT2D eigenvalue weighted by Crippen LogP contribution is 2.51. The van der Waals surface area contributed by atoms with Crippen LogP contribution in [0.15, 0.2) is 65.2 Å². The van der Waals surface area contributed by atoms with Gasteiger partial charge in [0.25, 0.3) is 0 Å². The normalized spacial score (nSPS) is 24.6. The molecule has 2 heterocycles. The van der Waals surface area contributed by atoms with Crippen molar-refractivity contribution in [3.05, 3.63) is 76.3 Å². The minimum Gasteiger partial charge on any atom is -0.497 e. The maximum absolute atomic E-state index is 13.0. The molecule has 1 saturated heterocycles. The Morgan fingerprint density at radius 1 is 1.22 bits per heavy atom. The monoisotopic (exact) mass is 378 g/mol. The van der Waals surface area contributed by atoms with Crippen molar-refractivity contribution in [1.82, 2.24) is 4.90 Å². The van der Waals surface area contributed by atoms with E-state index in [4.69, 9.17) is 4.74 Å². The van der Waals surface area contributed by atoms with Crippen LogP contribution in [0, 0.1) is 11.3 Å². The van der Waals surface area contributed by atoms with Crippen LogP contribution in [-0.2, 0) is 10.5 Å². The van der Waals surface area contributed by atoms with Crippen molar-refractivity contribution in [3.63, 3.8) is 0 Å². The summed E-state index contributed by atoms with van der Waals surface area (Å²) in [7, 11) is 1.60. The molecule has 2 aliphatic heterocycles. The van der Waals surface area contributed by atoms with Crippen molar-refractivity contribution in [2.24, 2.45) is 0 Å². The highest BCUT2D eigenvalue weighted by Gasteiger charge is 2.51. The van der Waals surface area contributed by atoms with Gasteiger partial charge in [0.15, 0.2) is 5.72 Å². The Bertz CT molecular complexity index is 950. The van der Waals surface area contributed by atoms with Crippen LogP contribution in [-0.4, -0.2) is 28.8 Å². The summed E-state index contributed by atoms with van der Waals surface area (Å²) >= 11 is 1.36. The van der Waals surface area contributed by atoms with Crippen molar-refractivity contribution in [3.8, 4) is 11.8 Å². The summed E-state index contributed by atoms with van der Waals surface area (Å²) in [5.41, 5.74) is 0.645. The van der Waals surface area contributed by atoms with Crippen LogP contribution in [0.25, 0.3) is 0 Å². The van der Waals surface area contributed by atoms with Crippen LogP contribution in [0.5, 0.6) is 5.75 Å². The van der Waals surface area contributed by atoms with Crippen LogP contribution in [0.3, 0.4) is 0 Å². The lowest BCUT2D eigenvalue weighted by atomic mass is 9.85. The molecule has 0 bridgehead atoms. The molecule has 27 heavy (non-hydrogen) atoms. The average molecular weight is 378 g/mol. The van der Waals surface area contributed by atoms with E-state index in [1.54, 1.807) is 19.2 Å². The van der Waals surface area contributed by atoms with Crippen molar-refractivity contribution in [2.75, 3.05) is 12.9 Å². The van der Waals surface area contributed by atoms with Crippen molar-refractivity contribution < 1.29 is 14.6 Å². The Hall–Kier alpha value is -2.75. The second kappa shape index (κ2) is 6.76. The fourth-order valence-electron chi connectivity index (χ4n) is 3.66. The van der Waals surface area contributed by atoms with E-state index in [0.717, 1.165) is 11.3 Å². The van der Waals surface area contributed by atoms with Crippen LogP contribution in [0.2, 0.25) is 0 Å². The number of rotatable bonds is 3. The Morgan fingerprint density at radius 2 is 1.93 bits per heavy atom. The van der Waals surface area contributed by atoms with Gasteiger partial charge in [-0.15, -0.1) is 11.8 Å². The third-order valence-electron chi connectivity index (χ3n) is 5.06. The van der Waals surface area contributed by atoms with E-state index < -0.39 is 5.72 Å². The van der Waals surface area contributed by atoms with Crippen molar-refractivity contribution in [1.29, 1.82) is 5.26 Å². The first kappa shape index (κ1) is 17.7. The number of nitriles is 1. The lowest BCUT2D eigenvalue weighted by molar-refractivity contribution is -0.149. The highest BCUT2D eigenvalue weighted by atomic mass is 32.2. The summed E-state index contributed by atoms with van der Waals surface area (Å²) < 4.78 is 5.19. The number of carbonyl (C=O) groups excluding carboxylic acids is 1. The van der Waals surface area contributed by atoms with Crippen LogP contribution in [0.1, 0.15) is 23.5 Å². The Balaban J connectivity index is 1.78. The lowest BCUT2D eigenvalue weighted by Gasteiger charge is -2.38. The zero-order chi connectivity index (χ0) is 19.0. The van der Waals surface area contributed by atoms with Crippen LogP contribution in [0.4, 0.5) is 0 Å². The number of hydrogen-bond acceptors (Lipinski definition) is 5. The molecule has 0 aromatic heterocycles. The molecule has 0 aliphatic carbocycles. The van der Waals surface area contributed by atoms with E-state index in [1.807, 2.05) is 42.5 Å². The SMILES string of the molecule is COc1ccc([C@H]2CC(=O)N3C(=C2C#N)SC[C@]3(O)c2ccccc2)cc1. The van der Waals surface area contributed by atoms with Gasteiger partial charge in [-0.05, 0) is 17.7 Å². The lowest BCUT2D eigenvalue weighted by Crippen LogP contribution is -2.48. The predicted molar refractivity (Wildman–Crippen MR) is 103 cm³/mol. The molecule has 0 saturated carbocycles. The number of nitrogens with zero attached hydrogens (tertiary/aromatic N) is 2. The van der Waals surface area contributed by atoms with E-state index in [9.17, 15) is 15.2 Å². The molecule has 1 amide bonds. The topological polar surface area (TPSA) is 73.6 Å². The number of amides is 1. The Kier molecular flexibility index (Phi) is 4.42. The van der Waals surface area contributed by atoms with E-state index in [2.05, 4.69) is 6.07 Å². The van der Waals surface area contributed by atoms with Gasteiger partial charge in [0.1, 0.15) is 5.75 Å². The van der Waals surface area contributed by atoms with Crippen LogP contribution >= 0.6 is 11.8 Å². The summed E-state index contributed by atoms with van der Waals surface area (Å²) in [5.74, 6) is 0.535. The van der Waals surface area contributed by atoms with E-state index in [1.165, 1.54) is 16.7 Å². The average Bonchev–Trinajstić information content (AvgIpc) is 3.08. The van der Waals surface area contributed by atoms with Gasteiger partial charge in [-0.3, -0.25) is 9.69 Å². The number of carbonyl (C=O) groups is 1. The first-order valence-electron chi connectivity index (χ1n) is 8.60. The van der Waals surface area contributed by atoms with Gasteiger partial charge in [0, 0.05) is 17.9 Å². The summed E-state index contributed by atoms with van der Waals surface area (Å²) in [5, 5.41) is 21.7. The van der Waals surface area contributed by atoms with Crippen molar-refractivity contribution in [2.45, 2.75) is 18.1 Å². The Labute approximate surface area is 161 Å². The maximum atomic E-state index is 13.0. The number of thioether (sulfide) groups is 1. The molecule has 2 aromatic carbocycles. The maximum Gasteiger partial charge on any atom is 0.231 e. The van der Waals surface area contributed by atoms with Gasteiger partial charge in [0.2, 0.25) is 5.91 Å². The standard InChI is InChI=1S/C21H18N2O3S/c1-26-16-9-7-14(8-10-16)17-11-19(24)23-20(18(17)12-22)27-13-21(23,25)15-5-3-2-4-6-15/h2-10,17,25H,11,13H2,1H3/t17-,21+/m1/s1. The molecule has 2 aromatic rings. The molecule has 5 nitrogen and oxygen atoms in total. The molecule has 0 spiro atoms. The van der Waals surface area contributed by atoms with Gasteiger partial charge < -0.3 is 9.84 Å². The third kappa shape index (κ3) is 2.80. The molecular formula is C21H18N2O3S. The smallest absolute Gasteiger partial charge is 0.231 e. The Morgan fingerprint density at radius 3 is 2.56 bits per heavy atom. The predicted octanol–water partition coefficient (Wildman–Crippen LogP) is 3.34. The summed E-state index contributed by atoms with van der Waals surface area (Å²) in [4.78, 5) is 14.4. The van der Waals surface area contributed by atoms with E-state index >= 15 is 0 Å². The molecule has 6 heteroatoms. The molecule has 2 atom stereocenters. The first-order chi connectivity index (χ1) is 13.1. The van der Waals surface area contributed by atoms with Gasteiger partial charge in [-0.2, -0.15) is 5.26 Å². The number of ether oxygens (including phenoxy) is 1. The minimum absolute atomic E-state index is 0.147. The number of allylic oxidation sites excluding steroid dienone is 1. The molecule has 0 radical (unpaired) electrons. The fourth-order valence-corrected chi connectivity index (χ4v) is 5.02. The van der Waals surface area contributed by atoms with Gasteiger partial charge in [-0.1, -0.05) is 42.5 Å². The summed E-state index contributed by atoms with van der Waals surface area (Å²) in [6, 6.07) is 18.8. The van der Waals surface area contributed by atoms with Crippen molar-refractivity contribution >= 4 is 17.7 Å². The minimum atomic E-state index is -1.43. The zero-order valence-corrected chi connectivity index (χ0v) is 15.6. The number of aliphatic hydroxyl groups is 1. The van der Waals surface area contributed by atoms with E-state index in [-0.39, 0.29) is 18.2 Å². The third-order valence-corrected chi connectivity index (χ3v) is 6.29. The number of benzene rings is 2. The fraction of sp³-hybridized carbons (Fsp3) is 0.238. The molecule has 136 valence electrons. The second-order valence-corrected chi connectivity index (χ2v) is 7.53. The zero-order valence-electron chi connectivity index (χ0n) is 14.8. The van der Waals surface area contributed by atoms with Crippen LogP contribution < -0.4 is 4.74 Å². The molecule has 2 aliphatic rings. The molecule has 0 unspecified atom stereocenters. The number of hydrogen-bond donors (Lipinski definition) is 1. The number of methoxy groups -OCH3 is 1. The molecule has 1 fully saturated rings. The second-order valence-electron chi connectivity index (χ2n) is 6.56. The van der Waals surface area contributed by atoms with Gasteiger partial charge in [-0.25, -0.2) is 0 Å². The number of fused-ring (bicyclic) bond motifs is 1. The quantitative estimate of drug-likeness (QED) is 0.887. The first-order valence-corrected chi connectivity index (χ1v) is 9.59. The van der Waals surface area contributed by atoms with Gasteiger partial charge >= 0.3 is 0 Å². The largest absolute Gasteiger partial charge is 0.497 e. The summed E-state index contributed by atoms with van der Waals surface area (Å²) in [6.07, 6.45) is 0.147. The molecule has 1 N–H and O–H groups in total. The molecule has 4 rings (SSSR count). The summed E-state index contributed by atoms with van der Waals surface area (Å²) in [6.45, 7) is 0. The van der Waals surface area contributed by atoms with E-state index in [0.29, 0.717) is 21.9 Å². The molecular weight excluding hydrogens is 360 g/mol. The highest BCUT2D eigenvalue weighted by molar-refractivity contribution is 8.03. The van der Waals surface area contributed by atoms with Gasteiger partial charge in [0.05, 0.1) is 29.5 Å².